The maximum Gasteiger partial charge on any atom is 0.323 e. The summed E-state index contributed by atoms with van der Waals surface area (Å²) in [4.78, 5) is 24.0. The van der Waals surface area contributed by atoms with Crippen LogP contribution < -0.4 is 5.32 Å². The summed E-state index contributed by atoms with van der Waals surface area (Å²) < 4.78 is 10.7. The third-order valence-corrected chi connectivity index (χ3v) is 5.43. The van der Waals surface area contributed by atoms with E-state index >= 15 is 0 Å². The molecule has 0 aromatic heterocycles. The average molecular weight is 442 g/mol. The molecule has 0 radical (unpaired) electrons. The molecule has 0 aliphatic heterocycles. The molecule has 1 N–H and O–H groups in total. The lowest BCUT2D eigenvalue weighted by Gasteiger charge is -2.20. The Labute approximate surface area is 192 Å². The van der Waals surface area contributed by atoms with Crippen LogP contribution in [0.25, 0.3) is 0 Å². The number of ether oxygens (including phenoxy) is 2. The Balaban J connectivity index is 3.56. The zero-order chi connectivity index (χ0) is 23.4. The summed E-state index contributed by atoms with van der Waals surface area (Å²) in [5.41, 5.74) is -0.499. The Morgan fingerprint density at radius 1 is 0.774 bits per heavy atom. The lowest BCUT2D eigenvalue weighted by Crippen LogP contribution is -2.36. The molecule has 0 unspecified atom stereocenters. The SMILES string of the molecule is CCCCCCCCCCCCCCCCOC(=O)[C@H](CCC(=O)OC(C)(C)C)NC. The summed E-state index contributed by atoms with van der Waals surface area (Å²) in [5.74, 6) is -0.562. The quantitative estimate of drug-likeness (QED) is 0.168. The molecule has 0 aliphatic rings. The number of hydrogen-bond acceptors (Lipinski definition) is 5. The summed E-state index contributed by atoms with van der Waals surface area (Å²) in [6.07, 6.45) is 18.9. The van der Waals surface area contributed by atoms with E-state index in [4.69, 9.17) is 9.47 Å². The first-order valence-corrected chi connectivity index (χ1v) is 12.9. The van der Waals surface area contributed by atoms with Crippen LogP contribution in [0.4, 0.5) is 0 Å². The molecule has 0 spiro atoms. The highest BCUT2D eigenvalue weighted by Crippen LogP contribution is 2.13. The third-order valence-electron chi connectivity index (χ3n) is 5.43. The van der Waals surface area contributed by atoms with Gasteiger partial charge in [-0.25, -0.2) is 0 Å². The van der Waals surface area contributed by atoms with Crippen molar-refractivity contribution >= 4 is 11.9 Å². The third kappa shape index (κ3) is 20.6. The molecule has 0 aliphatic carbocycles. The van der Waals surface area contributed by atoms with Crippen molar-refractivity contribution in [2.24, 2.45) is 0 Å². The fourth-order valence-electron chi connectivity index (χ4n) is 3.60. The van der Waals surface area contributed by atoms with E-state index in [9.17, 15) is 9.59 Å². The van der Waals surface area contributed by atoms with Crippen LogP contribution in [0.5, 0.6) is 0 Å². The van der Waals surface area contributed by atoms with Gasteiger partial charge in [-0.15, -0.1) is 0 Å². The first-order valence-electron chi connectivity index (χ1n) is 12.9. The van der Waals surface area contributed by atoms with E-state index in [2.05, 4.69) is 12.2 Å². The molecule has 1 atom stereocenters. The molecular weight excluding hydrogens is 390 g/mol. The van der Waals surface area contributed by atoms with Gasteiger partial charge in [0.05, 0.1) is 6.61 Å². The second-order valence-electron chi connectivity index (χ2n) is 9.73. The molecule has 0 heterocycles. The number of unbranched alkanes of at least 4 members (excludes halogenated alkanes) is 13. The van der Waals surface area contributed by atoms with Crippen LogP contribution in [0.3, 0.4) is 0 Å². The van der Waals surface area contributed by atoms with Crippen molar-refractivity contribution in [3.8, 4) is 0 Å². The van der Waals surface area contributed by atoms with E-state index in [0.29, 0.717) is 13.0 Å². The van der Waals surface area contributed by atoms with Crippen molar-refractivity contribution in [1.82, 2.24) is 5.32 Å². The normalized spacial score (nSPS) is 12.5. The highest BCUT2D eigenvalue weighted by atomic mass is 16.6. The molecule has 0 fully saturated rings. The Kier molecular flexibility index (Phi) is 18.9. The van der Waals surface area contributed by atoms with Crippen LogP contribution in [0, 0.1) is 0 Å². The van der Waals surface area contributed by atoms with Crippen molar-refractivity contribution in [2.75, 3.05) is 13.7 Å². The lowest BCUT2D eigenvalue weighted by molar-refractivity contribution is -0.155. The molecule has 0 amide bonds. The fraction of sp³-hybridized carbons (Fsp3) is 0.923. The van der Waals surface area contributed by atoms with Gasteiger partial charge in [-0.3, -0.25) is 9.59 Å². The second-order valence-corrected chi connectivity index (χ2v) is 9.73. The van der Waals surface area contributed by atoms with Gasteiger partial charge in [0.25, 0.3) is 0 Å². The molecule has 0 bridgehead atoms. The first kappa shape index (κ1) is 29.9. The van der Waals surface area contributed by atoms with Crippen molar-refractivity contribution in [2.45, 2.75) is 142 Å². The molecule has 184 valence electrons. The number of rotatable bonds is 20. The van der Waals surface area contributed by atoms with E-state index in [1.165, 1.54) is 77.0 Å². The standard InChI is InChI=1S/C26H51NO4/c1-6-7-8-9-10-11-12-13-14-15-16-17-18-19-22-30-25(29)23(27-5)20-21-24(28)31-26(2,3)4/h23,27H,6-22H2,1-5H3/t23-/m0/s1. The summed E-state index contributed by atoms with van der Waals surface area (Å²) in [7, 11) is 1.72. The van der Waals surface area contributed by atoms with Gasteiger partial charge in [0, 0.05) is 6.42 Å². The van der Waals surface area contributed by atoms with E-state index in [1.54, 1.807) is 7.05 Å². The minimum Gasteiger partial charge on any atom is -0.465 e. The maximum atomic E-state index is 12.2. The molecule has 5 nitrogen and oxygen atoms in total. The monoisotopic (exact) mass is 441 g/mol. The molecule has 0 saturated heterocycles. The summed E-state index contributed by atoms with van der Waals surface area (Å²) in [6.45, 7) is 8.24. The number of carbonyl (C=O) groups is 2. The summed E-state index contributed by atoms with van der Waals surface area (Å²) in [6, 6.07) is -0.459. The molecule has 5 heteroatoms. The van der Waals surface area contributed by atoms with Gasteiger partial charge < -0.3 is 14.8 Å². The van der Waals surface area contributed by atoms with Crippen LogP contribution in [-0.2, 0) is 19.1 Å². The van der Waals surface area contributed by atoms with Crippen LogP contribution in [-0.4, -0.2) is 37.2 Å². The second kappa shape index (κ2) is 19.6. The largest absolute Gasteiger partial charge is 0.465 e. The minimum absolute atomic E-state index is 0.205. The topological polar surface area (TPSA) is 64.6 Å². The van der Waals surface area contributed by atoms with E-state index < -0.39 is 11.6 Å². The van der Waals surface area contributed by atoms with E-state index in [1.807, 2.05) is 20.8 Å². The van der Waals surface area contributed by atoms with Crippen molar-refractivity contribution in [3.05, 3.63) is 0 Å². The number of carbonyl (C=O) groups excluding carboxylic acids is 2. The molecule has 0 rings (SSSR count). The lowest BCUT2D eigenvalue weighted by atomic mass is 10.0. The molecule has 0 saturated carbocycles. The van der Waals surface area contributed by atoms with Crippen LogP contribution >= 0.6 is 0 Å². The average Bonchev–Trinajstić information content (AvgIpc) is 2.70. The van der Waals surface area contributed by atoms with Gasteiger partial charge in [0.15, 0.2) is 0 Å². The van der Waals surface area contributed by atoms with Crippen molar-refractivity contribution < 1.29 is 19.1 Å². The zero-order valence-electron chi connectivity index (χ0n) is 21.2. The van der Waals surface area contributed by atoms with Crippen LogP contribution in [0.2, 0.25) is 0 Å². The zero-order valence-corrected chi connectivity index (χ0v) is 21.2. The van der Waals surface area contributed by atoms with Gasteiger partial charge in [-0.2, -0.15) is 0 Å². The summed E-state index contributed by atoms with van der Waals surface area (Å²) >= 11 is 0. The van der Waals surface area contributed by atoms with Gasteiger partial charge in [-0.05, 0) is 40.7 Å². The smallest absolute Gasteiger partial charge is 0.323 e. The maximum absolute atomic E-state index is 12.2. The Morgan fingerprint density at radius 3 is 1.65 bits per heavy atom. The highest BCUT2D eigenvalue weighted by molar-refractivity contribution is 5.77. The highest BCUT2D eigenvalue weighted by Gasteiger charge is 2.22. The number of esters is 2. The van der Waals surface area contributed by atoms with Crippen LogP contribution in [0.1, 0.15) is 130 Å². The minimum atomic E-state index is -0.499. The molecule has 0 aromatic rings. The van der Waals surface area contributed by atoms with E-state index in [-0.39, 0.29) is 18.4 Å². The number of nitrogens with one attached hydrogen (secondary N) is 1. The molecular formula is C26H51NO4. The predicted octanol–water partition coefficient (Wildman–Crippen LogP) is 6.72. The molecule has 0 aromatic carbocycles. The van der Waals surface area contributed by atoms with Gasteiger partial charge in [0.1, 0.15) is 11.6 Å². The Morgan fingerprint density at radius 2 is 1.23 bits per heavy atom. The van der Waals surface area contributed by atoms with Crippen LogP contribution in [0.15, 0.2) is 0 Å². The van der Waals surface area contributed by atoms with Gasteiger partial charge in [-0.1, -0.05) is 90.4 Å². The van der Waals surface area contributed by atoms with Gasteiger partial charge >= 0.3 is 11.9 Å². The van der Waals surface area contributed by atoms with E-state index in [0.717, 1.165) is 12.8 Å². The van der Waals surface area contributed by atoms with Crippen molar-refractivity contribution in [1.29, 1.82) is 0 Å². The number of likely N-dealkylation sites (N-methyl/N-ethyl adjacent to an activating group) is 1. The Hall–Kier alpha value is -1.10. The predicted molar refractivity (Wildman–Crippen MR) is 129 cm³/mol. The number of hydrogen-bond donors (Lipinski definition) is 1. The Bertz CT molecular complexity index is 445. The molecule has 31 heavy (non-hydrogen) atoms. The summed E-state index contributed by atoms with van der Waals surface area (Å²) in [5, 5.41) is 2.94. The van der Waals surface area contributed by atoms with Crippen molar-refractivity contribution in [3.63, 3.8) is 0 Å². The first-order chi connectivity index (χ1) is 14.8. The van der Waals surface area contributed by atoms with Gasteiger partial charge in [0.2, 0.25) is 0 Å². The fourth-order valence-corrected chi connectivity index (χ4v) is 3.60.